The van der Waals surface area contributed by atoms with E-state index in [4.69, 9.17) is 5.11 Å². The van der Waals surface area contributed by atoms with Gasteiger partial charge in [-0.1, -0.05) is 6.07 Å². The Morgan fingerprint density at radius 3 is 2.52 bits per heavy atom. The highest BCUT2D eigenvalue weighted by molar-refractivity contribution is 7.89. The fourth-order valence-corrected chi connectivity index (χ4v) is 4.96. The minimum Gasteiger partial charge on any atom is -0.481 e. The smallest absolute Gasteiger partial charge is 0.307 e. The van der Waals surface area contributed by atoms with Gasteiger partial charge >= 0.3 is 5.97 Å². The van der Waals surface area contributed by atoms with Crippen molar-refractivity contribution in [3.63, 3.8) is 0 Å². The van der Waals surface area contributed by atoms with Crippen molar-refractivity contribution in [2.45, 2.75) is 24.2 Å². The minimum absolute atomic E-state index is 0. The lowest BCUT2D eigenvalue weighted by atomic mass is 10.1. The van der Waals surface area contributed by atoms with Crippen LogP contribution in [-0.4, -0.2) is 67.3 Å². The second-order valence-corrected chi connectivity index (χ2v) is 8.68. The first-order valence-corrected chi connectivity index (χ1v) is 10.2. The van der Waals surface area contributed by atoms with E-state index in [1.807, 2.05) is 0 Å². The summed E-state index contributed by atoms with van der Waals surface area (Å²) in [5.74, 6) is -1.56. The molecule has 3 rings (SSSR count). The average molecular weight is 418 g/mol. The lowest BCUT2D eigenvalue weighted by molar-refractivity contribution is -0.141. The van der Waals surface area contributed by atoms with Crippen molar-refractivity contribution in [3.05, 3.63) is 24.3 Å². The third-order valence-corrected chi connectivity index (χ3v) is 6.70. The Kier molecular flexibility index (Phi) is 7.21. The van der Waals surface area contributed by atoms with Crippen LogP contribution in [-0.2, 0) is 19.6 Å². The van der Waals surface area contributed by atoms with Gasteiger partial charge in [-0.05, 0) is 44.0 Å². The molecule has 1 amide bonds. The fraction of sp³-hybridized carbons (Fsp3) is 0.529. The summed E-state index contributed by atoms with van der Waals surface area (Å²) in [5, 5.41) is 11.7. The summed E-state index contributed by atoms with van der Waals surface area (Å²) in [6, 6.07) is 6.25. The van der Waals surface area contributed by atoms with Gasteiger partial charge in [-0.15, -0.1) is 12.4 Å². The molecule has 1 unspecified atom stereocenters. The number of sulfonamides is 1. The Hall–Kier alpha value is -1.68. The standard InChI is InChI=1S/C17H23N3O5S.ClH/c21-16(12-19-9-6-13(11-19)17(22)23)18-14-4-3-5-15(10-14)26(24,25)20-7-1-2-8-20;/h3-5,10,13H,1-2,6-9,11-12H2,(H,18,21)(H,22,23);1H. The number of hydrogen-bond donors (Lipinski definition) is 2. The molecule has 1 aromatic rings. The number of amides is 1. The van der Waals surface area contributed by atoms with Crippen molar-refractivity contribution >= 4 is 40.0 Å². The summed E-state index contributed by atoms with van der Waals surface area (Å²) < 4.78 is 26.7. The molecule has 27 heavy (non-hydrogen) atoms. The van der Waals surface area contributed by atoms with Crippen LogP contribution in [0.1, 0.15) is 19.3 Å². The molecule has 2 fully saturated rings. The van der Waals surface area contributed by atoms with Crippen molar-refractivity contribution in [1.29, 1.82) is 0 Å². The molecular formula is C17H24ClN3O5S. The van der Waals surface area contributed by atoms with Crippen LogP contribution in [0, 0.1) is 5.92 Å². The second-order valence-electron chi connectivity index (χ2n) is 6.75. The normalized spacial score (nSPS) is 21.0. The summed E-state index contributed by atoms with van der Waals surface area (Å²) >= 11 is 0. The van der Waals surface area contributed by atoms with Gasteiger partial charge in [-0.2, -0.15) is 4.31 Å². The number of nitrogens with one attached hydrogen (secondary N) is 1. The first-order chi connectivity index (χ1) is 12.4. The molecule has 150 valence electrons. The van der Waals surface area contributed by atoms with Crippen molar-refractivity contribution in [2.24, 2.45) is 5.92 Å². The number of hydrogen-bond acceptors (Lipinski definition) is 5. The Morgan fingerprint density at radius 1 is 1.19 bits per heavy atom. The van der Waals surface area contributed by atoms with Crippen LogP contribution < -0.4 is 5.32 Å². The number of carbonyl (C=O) groups excluding carboxylic acids is 1. The van der Waals surface area contributed by atoms with Gasteiger partial charge in [0.25, 0.3) is 0 Å². The van der Waals surface area contributed by atoms with Crippen LogP contribution >= 0.6 is 12.4 Å². The highest BCUT2D eigenvalue weighted by Crippen LogP contribution is 2.23. The maximum atomic E-state index is 12.6. The maximum absolute atomic E-state index is 12.6. The first kappa shape index (κ1) is 21.6. The van der Waals surface area contributed by atoms with E-state index in [1.165, 1.54) is 16.4 Å². The Balaban J connectivity index is 0.00000261. The van der Waals surface area contributed by atoms with E-state index in [-0.39, 0.29) is 29.8 Å². The Morgan fingerprint density at radius 2 is 1.89 bits per heavy atom. The van der Waals surface area contributed by atoms with E-state index in [0.29, 0.717) is 38.3 Å². The average Bonchev–Trinajstić information content (AvgIpc) is 3.27. The molecule has 2 aliphatic rings. The van der Waals surface area contributed by atoms with Gasteiger partial charge in [0.05, 0.1) is 17.4 Å². The SMILES string of the molecule is Cl.O=C(CN1CCC(C(=O)O)C1)Nc1cccc(S(=O)(=O)N2CCCC2)c1. The summed E-state index contributed by atoms with van der Waals surface area (Å²) in [4.78, 5) is 25.1. The quantitative estimate of drug-likeness (QED) is 0.721. The third kappa shape index (κ3) is 5.19. The summed E-state index contributed by atoms with van der Waals surface area (Å²) in [6.07, 6.45) is 2.26. The Bertz CT molecular complexity index is 796. The number of halogens is 1. The van der Waals surface area contributed by atoms with Crippen LogP contribution in [0.25, 0.3) is 0 Å². The molecule has 2 heterocycles. The molecule has 0 aliphatic carbocycles. The lowest BCUT2D eigenvalue weighted by Gasteiger charge is -2.17. The number of aliphatic carboxylic acids is 1. The first-order valence-electron chi connectivity index (χ1n) is 8.71. The molecule has 0 aromatic heterocycles. The van der Waals surface area contributed by atoms with E-state index in [2.05, 4.69) is 5.32 Å². The highest BCUT2D eigenvalue weighted by atomic mass is 35.5. The van der Waals surface area contributed by atoms with Gasteiger partial charge in [0.1, 0.15) is 0 Å². The van der Waals surface area contributed by atoms with Gasteiger partial charge < -0.3 is 10.4 Å². The number of benzene rings is 1. The zero-order valence-corrected chi connectivity index (χ0v) is 16.5. The monoisotopic (exact) mass is 417 g/mol. The van der Waals surface area contributed by atoms with Crippen LogP contribution in [0.4, 0.5) is 5.69 Å². The van der Waals surface area contributed by atoms with E-state index in [0.717, 1.165) is 12.8 Å². The van der Waals surface area contributed by atoms with E-state index >= 15 is 0 Å². The molecule has 10 heteroatoms. The topological polar surface area (TPSA) is 107 Å². The highest BCUT2D eigenvalue weighted by Gasteiger charge is 2.29. The van der Waals surface area contributed by atoms with Crippen LogP contribution in [0.2, 0.25) is 0 Å². The number of carbonyl (C=O) groups is 2. The molecule has 2 saturated heterocycles. The van der Waals surface area contributed by atoms with E-state index < -0.39 is 21.9 Å². The molecule has 0 saturated carbocycles. The molecule has 2 aliphatic heterocycles. The molecule has 0 radical (unpaired) electrons. The molecule has 8 nitrogen and oxygen atoms in total. The number of rotatable bonds is 6. The Labute approximate surface area is 165 Å². The summed E-state index contributed by atoms with van der Waals surface area (Å²) in [7, 11) is -3.53. The number of carboxylic acids is 1. The van der Waals surface area contributed by atoms with E-state index in [1.54, 1.807) is 17.0 Å². The largest absolute Gasteiger partial charge is 0.481 e. The van der Waals surface area contributed by atoms with Crippen molar-refractivity contribution in [3.8, 4) is 0 Å². The number of nitrogens with zero attached hydrogens (tertiary/aromatic N) is 2. The molecule has 1 atom stereocenters. The van der Waals surface area contributed by atoms with Gasteiger partial charge in [0.15, 0.2) is 0 Å². The van der Waals surface area contributed by atoms with Gasteiger partial charge in [-0.25, -0.2) is 8.42 Å². The van der Waals surface area contributed by atoms with Gasteiger partial charge in [0.2, 0.25) is 15.9 Å². The molecule has 0 bridgehead atoms. The molecule has 0 spiro atoms. The van der Waals surface area contributed by atoms with Gasteiger partial charge in [0, 0.05) is 25.3 Å². The van der Waals surface area contributed by atoms with E-state index in [9.17, 15) is 18.0 Å². The zero-order valence-electron chi connectivity index (χ0n) is 14.8. The van der Waals surface area contributed by atoms with Crippen LogP contribution in [0.15, 0.2) is 29.2 Å². The predicted molar refractivity (Wildman–Crippen MR) is 102 cm³/mol. The number of likely N-dealkylation sites (tertiary alicyclic amines) is 1. The van der Waals surface area contributed by atoms with Crippen molar-refractivity contribution in [1.82, 2.24) is 9.21 Å². The van der Waals surface area contributed by atoms with Crippen molar-refractivity contribution in [2.75, 3.05) is 38.0 Å². The number of anilines is 1. The van der Waals surface area contributed by atoms with Crippen molar-refractivity contribution < 1.29 is 23.1 Å². The minimum atomic E-state index is -3.53. The molecule has 2 N–H and O–H groups in total. The zero-order chi connectivity index (χ0) is 18.7. The lowest BCUT2D eigenvalue weighted by Crippen LogP contribution is -2.32. The molecule has 1 aromatic carbocycles. The second kappa shape index (κ2) is 9.01. The third-order valence-electron chi connectivity index (χ3n) is 4.81. The molecular weight excluding hydrogens is 394 g/mol. The fourth-order valence-electron chi connectivity index (χ4n) is 3.39. The predicted octanol–water partition coefficient (Wildman–Crippen LogP) is 1.24. The maximum Gasteiger partial charge on any atom is 0.307 e. The van der Waals surface area contributed by atoms with Gasteiger partial charge in [-0.3, -0.25) is 14.5 Å². The van der Waals surface area contributed by atoms with Crippen LogP contribution in [0.5, 0.6) is 0 Å². The summed E-state index contributed by atoms with van der Waals surface area (Å²) in [5.41, 5.74) is 0.421. The van der Waals surface area contributed by atoms with Crippen LogP contribution in [0.3, 0.4) is 0 Å². The summed E-state index contributed by atoms with van der Waals surface area (Å²) in [6.45, 7) is 2.06. The number of carboxylic acid groups (broad SMARTS) is 1.